The van der Waals surface area contributed by atoms with Crippen LogP contribution in [0.15, 0.2) is 57.7 Å². The molecule has 0 bridgehead atoms. The molecule has 0 saturated carbocycles. The van der Waals surface area contributed by atoms with E-state index in [1.807, 2.05) is 42.5 Å². The highest BCUT2D eigenvalue weighted by atomic mass is 32.1. The number of para-hydroxylation sites is 2. The van der Waals surface area contributed by atoms with Gasteiger partial charge in [-0.1, -0.05) is 35.6 Å². The molecule has 2 aliphatic rings. The third-order valence-corrected chi connectivity index (χ3v) is 5.58. The zero-order valence-electron chi connectivity index (χ0n) is 15.4. The highest BCUT2D eigenvalue weighted by Gasteiger charge is 2.27. The van der Waals surface area contributed by atoms with Gasteiger partial charge >= 0.3 is 5.97 Å². The van der Waals surface area contributed by atoms with E-state index in [-0.39, 0.29) is 29.9 Å². The summed E-state index contributed by atoms with van der Waals surface area (Å²) in [5, 5.41) is 5.73. The molecule has 3 aromatic rings. The van der Waals surface area contributed by atoms with Crippen molar-refractivity contribution in [2.24, 2.45) is 0 Å². The Balaban J connectivity index is 1.77. The van der Waals surface area contributed by atoms with Crippen LogP contribution in [0.2, 0.25) is 0 Å². The molecule has 29 heavy (non-hydrogen) atoms. The summed E-state index contributed by atoms with van der Waals surface area (Å²) in [4.78, 5) is 29.9. The number of esters is 1. The van der Waals surface area contributed by atoms with Gasteiger partial charge in [-0.2, -0.15) is 9.78 Å². The van der Waals surface area contributed by atoms with E-state index in [0.29, 0.717) is 21.8 Å². The molecule has 2 aromatic carbocycles. The molecule has 0 fully saturated rings. The number of ether oxygens (including phenoxy) is 1. The summed E-state index contributed by atoms with van der Waals surface area (Å²) in [6.45, 7) is 1.99. The Morgan fingerprint density at radius 3 is 2.79 bits per heavy atom. The molecule has 8 heteroatoms. The first-order valence-corrected chi connectivity index (χ1v) is 9.92. The number of nitrogens with zero attached hydrogens (tertiary/aromatic N) is 3. The van der Waals surface area contributed by atoms with Crippen molar-refractivity contribution >= 4 is 38.5 Å². The van der Waals surface area contributed by atoms with E-state index in [0.717, 1.165) is 10.2 Å². The van der Waals surface area contributed by atoms with Gasteiger partial charge in [0.25, 0.3) is 5.56 Å². The summed E-state index contributed by atoms with van der Waals surface area (Å²) in [5.74, 6) is -0.213. The molecule has 2 aliphatic heterocycles. The summed E-state index contributed by atoms with van der Waals surface area (Å²) < 4.78 is 13.2. The van der Waals surface area contributed by atoms with Crippen molar-refractivity contribution in [1.82, 2.24) is 14.8 Å². The van der Waals surface area contributed by atoms with Crippen molar-refractivity contribution in [2.45, 2.75) is 13.3 Å². The SMILES string of the molecule is CCOC(=O)Cc1oc2ccccc2c2nn(-c3nc4ccccc4s3)c(=O)c1-2. The Morgan fingerprint density at radius 1 is 1.17 bits per heavy atom. The van der Waals surface area contributed by atoms with Crippen LogP contribution in [0, 0.1) is 0 Å². The minimum Gasteiger partial charge on any atom is -0.466 e. The molecule has 0 atom stereocenters. The van der Waals surface area contributed by atoms with Crippen molar-refractivity contribution in [3.63, 3.8) is 0 Å². The van der Waals surface area contributed by atoms with Gasteiger partial charge in [0, 0.05) is 5.39 Å². The second kappa shape index (κ2) is 6.82. The summed E-state index contributed by atoms with van der Waals surface area (Å²) in [6.07, 6.45) is -0.143. The number of benzene rings is 2. The second-order valence-corrected chi connectivity index (χ2v) is 7.42. The molecular formula is C21H15N3O4S. The first-order valence-electron chi connectivity index (χ1n) is 9.10. The van der Waals surface area contributed by atoms with Crippen molar-refractivity contribution in [3.05, 3.63) is 64.6 Å². The molecule has 3 heterocycles. The van der Waals surface area contributed by atoms with Gasteiger partial charge in [0.2, 0.25) is 5.13 Å². The van der Waals surface area contributed by atoms with E-state index in [9.17, 15) is 9.59 Å². The lowest BCUT2D eigenvalue weighted by atomic mass is 10.1. The minimum absolute atomic E-state index is 0.143. The molecule has 0 aliphatic carbocycles. The molecule has 5 rings (SSSR count). The molecule has 0 unspecified atom stereocenters. The lowest BCUT2D eigenvalue weighted by Crippen LogP contribution is -2.16. The number of aromatic nitrogens is 3. The van der Waals surface area contributed by atoms with E-state index < -0.39 is 5.97 Å². The summed E-state index contributed by atoms with van der Waals surface area (Å²) in [7, 11) is 0. The maximum Gasteiger partial charge on any atom is 0.313 e. The molecule has 0 amide bonds. The van der Waals surface area contributed by atoms with Gasteiger partial charge in [0.1, 0.15) is 29.0 Å². The largest absolute Gasteiger partial charge is 0.466 e. The van der Waals surface area contributed by atoms with Crippen LogP contribution < -0.4 is 5.56 Å². The normalized spacial score (nSPS) is 11.5. The number of fused-ring (bicyclic) bond motifs is 4. The van der Waals surface area contributed by atoms with Gasteiger partial charge in [0.05, 0.1) is 16.8 Å². The van der Waals surface area contributed by atoms with Crippen LogP contribution >= 0.6 is 11.3 Å². The van der Waals surface area contributed by atoms with Crippen LogP contribution in [0.1, 0.15) is 12.7 Å². The quantitative estimate of drug-likeness (QED) is 0.423. The molecule has 0 N–H and O–H groups in total. The van der Waals surface area contributed by atoms with Crippen molar-refractivity contribution in [3.8, 4) is 16.4 Å². The van der Waals surface area contributed by atoms with E-state index in [2.05, 4.69) is 10.1 Å². The van der Waals surface area contributed by atoms with Gasteiger partial charge in [-0.15, -0.1) is 0 Å². The van der Waals surface area contributed by atoms with Crippen LogP contribution in [-0.4, -0.2) is 27.3 Å². The van der Waals surface area contributed by atoms with Gasteiger partial charge in [-0.3, -0.25) is 9.59 Å². The van der Waals surface area contributed by atoms with Crippen LogP contribution in [0.25, 0.3) is 37.6 Å². The number of carbonyl (C=O) groups excluding carboxylic acids is 1. The highest BCUT2D eigenvalue weighted by molar-refractivity contribution is 7.20. The fourth-order valence-corrected chi connectivity index (χ4v) is 4.24. The minimum atomic E-state index is -0.458. The zero-order chi connectivity index (χ0) is 20.0. The zero-order valence-corrected chi connectivity index (χ0v) is 16.2. The van der Waals surface area contributed by atoms with E-state index in [4.69, 9.17) is 9.15 Å². The molecule has 144 valence electrons. The van der Waals surface area contributed by atoms with E-state index in [1.165, 1.54) is 16.0 Å². The molecule has 7 nitrogen and oxygen atoms in total. The summed E-state index contributed by atoms with van der Waals surface area (Å²) in [6, 6.07) is 15.0. The number of thiazole rings is 1. The van der Waals surface area contributed by atoms with Gasteiger partial charge in [0.15, 0.2) is 0 Å². The number of rotatable bonds is 4. The first-order chi connectivity index (χ1) is 14.2. The first kappa shape index (κ1) is 17.6. The third kappa shape index (κ3) is 2.89. The Kier molecular flexibility index (Phi) is 4.13. The fraction of sp³-hybridized carbons (Fsp3) is 0.143. The Bertz CT molecular complexity index is 1370. The van der Waals surface area contributed by atoms with Gasteiger partial charge in [-0.05, 0) is 31.2 Å². The van der Waals surface area contributed by atoms with Gasteiger partial charge < -0.3 is 9.15 Å². The fourth-order valence-electron chi connectivity index (χ4n) is 3.33. The van der Waals surface area contributed by atoms with E-state index >= 15 is 0 Å². The monoisotopic (exact) mass is 405 g/mol. The standard InChI is InChI=1S/C21H15N3O4S/c1-2-27-17(25)11-15-18-19(12-7-3-5-9-14(12)28-15)23-24(20(18)26)21-22-13-8-4-6-10-16(13)29-21/h3-10H,2,11H2,1H3. The molecule has 0 spiro atoms. The summed E-state index contributed by atoms with van der Waals surface area (Å²) in [5.41, 5.74) is 1.74. The lowest BCUT2D eigenvalue weighted by molar-refractivity contribution is -0.142. The van der Waals surface area contributed by atoms with Crippen molar-refractivity contribution < 1.29 is 13.9 Å². The maximum absolute atomic E-state index is 13.3. The predicted molar refractivity (Wildman–Crippen MR) is 110 cm³/mol. The second-order valence-electron chi connectivity index (χ2n) is 6.41. The van der Waals surface area contributed by atoms with Crippen molar-refractivity contribution in [1.29, 1.82) is 0 Å². The van der Waals surface area contributed by atoms with Gasteiger partial charge in [-0.25, -0.2) is 4.98 Å². The molecule has 1 aromatic heterocycles. The van der Waals surface area contributed by atoms with Crippen molar-refractivity contribution in [2.75, 3.05) is 6.61 Å². The average molecular weight is 405 g/mol. The Hall–Kier alpha value is -3.52. The van der Waals surface area contributed by atoms with Crippen LogP contribution in [0.4, 0.5) is 0 Å². The smallest absolute Gasteiger partial charge is 0.313 e. The summed E-state index contributed by atoms with van der Waals surface area (Å²) >= 11 is 1.38. The highest BCUT2D eigenvalue weighted by Crippen LogP contribution is 2.33. The molecule has 0 radical (unpaired) electrons. The predicted octanol–water partition coefficient (Wildman–Crippen LogP) is 3.80. The lowest BCUT2D eigenvalue weighted by Gasteiger charge is -2.08. The molecular weight excluding hydrogens is 390 g/mol. The number of hydrogen-bond acceptors (Lipinski definition) is 7. The van der Waals surface area contributed by atoms with Crippen LogP contribution in [0.3, 0.4) is 0 Å². The molecule has 0 saturated heterocycles. The number of carbonyl (C=O) groups is 1. The average Bonchev–Trinajstić information content (AvgIpc) is 3.29. The maximum atomic E-state index is 13.3. The topological polar surface area (TPSA) is 87.2 Å². The number of hydrogen-bond donors (Lipinski definition) is 0. The Morgan fingerprint density at radius 2 is 1.97 bits per heavy atom. The van der Waals surface area contributed by atoms with Crippen LogP contribution in [-0.2, 0) is 16.0 Å². The Labute approximate surface area is 168 Å². The van der Waals surface area contributed by atoms with Crippen LogP contribution in [0.5, 0.6) is 0 Å². The van der Waals surface area contributed by atoms with E-state index in [1.54, 1.807) is 13.0 Å². The third-order valence-electron chi connectivity index (χ3n) is 4.57.